The summed E-state index contributed by atoms with van der Waals surface area (Å²) in [6, 6.07) is 0.373. The van der Waals surface area contributed by atoms with Gasteiger partial charge in [0, 0.05) is 45.3 Å². The Balaban J connectivity index is 0.00000261. The molecule has 156 valence electrons. The number of aliphatic imine (C=N–C) groups is 1. The smallest absolute Gasteiger partial charge is 0.243 e. The molecule has 7 nitrogen and oxygen atoms in total. The quantitative estimate of drug-likeness (QED) is 0.321. The summed E-state index contributed by atoms with van der Waals surface area (Å²) in [4.78, 5) is 18.0. The monoisotopic (exact) mass is 494 g/mol. The van der Waals surface area contributed by atoms with Crippen LogP contribution in [0.3, 0.4) is 0 Å². The van der Waals surface area contributed by atoms with E-state index in [9.17, 15) is 4.79 Å². The highest BCUT2D eigenvalue weighted by molar-refractivity contribution is 14.0. The topological polar surface area (TPSA) is 75.2 Å². The van der Waals surface area contributed by atoms with Gasteiger partial charge in [0.1, 0.15) is 6.54 Å². The molecule has 27 heavy (non-hydrogen) atoms. The normalized spacial score (nSPS) is 28.7. The zero-order chi connectivity index (χ0) is 18.6. The van der Waals surface area contributed by atoms with Crippen LogP contribution in [0.1, 0.15) is 45.4 Å². The number of hydrogen-bond donors (Lipinski definition) is 2. The van der Waals surface area contributed by atoms with Crippen molar-refractivity contribution in [3.8, 4) is 0 Å². The van der Waals surface area contributed by atoms with Crippen LogP contribution in [0.4, 0.5) is 0 Å². The van der Waals surface area contributed by atoms with Gasteiger partial charge in [-0.05, 0) is 39.0 Å². The van der Waals surface area contributed by atoms with Crippen molar-refractivity contribution < 1.29 is 14.3 Å². The third-order valence-corrected chi connectivity index (χ3v) is 6.14. The molecule has 0 aromatic rings. The first-order chi connectivity index (χ1) is 12.5. The fraction of sp³-hybridized carbons (Fsp3) is 0.895. The van der Waals surface area contributed by atoms with E-state index in [4.69, 9.17) is 9.47 Å². The van der Waals surface area contributed by atoms with E-state index in [-0.39, 0.29) is 47.9 Å². The van der Waals surface area contributed by atoms with Crippen LogP contribution in [-0.4, -0.2) is 75.4 Å². The molecule has 1 amide bonds. The zero-order valence-corrected chi connectivity index (χ0v) is 19.2. The van der Waals surface area contributed by atoms with Crippen LogP contribution in [0.2, 0.25) is 0 Å². The van der Waals surface area contributed by atoms with Crippen molar-refractivity contribution in [2.24, 2.45) is 10.4 Å². The Labute approximate surface area is 180 Å². The second-order valence-electron chi connectivity index (χ2n) is 7.93. The third kappa shape index (κ3) is 5.26. The summed E-state index contributed by atoms with van der Waals surface area (Å²) >= 11 is 0. The van der Waals surface area contributed by atoms with Crippen LogP contribution >= 0.6 is 24.0 Å². The van der Waals surface area contributed by atoms with Gasteiger partial charge in [0.25, 0.3) is 0 Å². The van der Waals surface area contributed by atoms with Gasteiger partial charge in [-0.2, -0.15) is 0 Å². The van der Waals surface area contributed by atoms with Gasteiger partial charge in [-0.3, -0.25) is 4.79 Å². The Kier molecular flexibility index (Phi) is 8.61. The summed E-state index contributed by atoms with van der Waals surface area (Å²) in [5.74, 6) is 0.726. The Morgan fingerprint density at radius 2 is 2.11 bits per heavy atom. The molecule has 1 spiro atoms. The molecule has 2 aliphatic carbocycles. The second kappa shape index (κ2) is 10.2. The molecule has 0 aromatic heterocycles. The van der Waals surface area contributed by atoms with Crippen molar-refractivity contribution in [1.82, 2.24) is 15.5 Å². The summed E-state index contributed by atoms with van der Waals surface area (Å²) in [5, 5.41) is 6.98. The Bertz CT molecular complexity index is 519. The fourth-order valence-corrected chi connectivity index (χ4v) is 4.26. The van der Waals surface area contributed by atoms with Crippen molar-refractivity contribution in [1.29, 1.82) is 0 Å². The molecule has 8 heteroatoms. The van der Waals surface area contributed by atoms with Crippen LogP contribution in [0.5, 0.6) is 0 Å². The Morgan fingerprint density at radius 3 is 2.67 bits per heavy atom. The number of ether oxygens (including phenoxy) is 2. The van der Waals surface area contributed by atoms with Crippen molar-refractivity contribution in [2.45, 2.75) is 63.7 Å². The summed E-state index contributed by atoms with van der Waals surface area (Å²) in [7, 11) is 3.51. The number of nitrogens with zero attached hydrogens (tertiary/aromatic N) is 2. The molecular weight excluding hydrogens is 459 g/mol. The van der Waals surface area contributed by atoms with E-state index >= 15 is 0 Å². The molecule has 0 bridgehead atoms. The van der Waals surface area contributed by atoms with E-state index in [2.05, 4.69) is 22.5 Å². The van der Waals surface area contributed by atoms with Gasteiger partial charge in [-0.15, -0.1) is 24.0 Å². The van der Waals surface area contributed by atoms with Gasteiger partial charge < -0.3 is 25.0 Å². The van der Waals surface area contributed by atoms with Crippen LogP contribution in [-0.2, 0) is 14.3 Å². The zero-order valence-electron chi connectivity index (χ0n) is 16.8. The molecule has 3 rings (SSSR count). The summed E-state index contributed by atoms with van der Waals surface area (Å²) in [5.41, 5.74) is 0.258. The lowest BCUT2D eigenvalue weighted by molar-refractivity contribution is -0.168. The molecule has 1 aliphatic heterocycles. The lowest BCUT2D eigenvalue weighted by Gasteiger charge is -2.61. The predicted molar refractivity (Wildman–Crippen MR) is 117 cm³/mol. The van der Waals surface area contributed by atoms with E-state index in [1.807, 2.05) is 0 Å². The van der Waals surface area contributed by atoms with Gasteiger partial charge in [0.2, 0.25) is 5.91 Å². The van der Waals surface area contributed by atoms with Gasteiger partial charge >= 0.3 is 0 Å². The first kappa shape index (κ1) is 22.7. The van der Waals surface area contributed by atoms with E-state index in [0.29, 0.717) is 12.1 Å². The van der Waals surface area contributed by atoms with Crippen molar-refractivity contribution in [3.63, 3.8) is 0 Å². The van der Waals surface area contributed by atoms with E-state index < -0.39 is 0 Å². The molecule has 3 fully saturated rings. The highest BCUT2D eigenvalue weighted by Gasteiger charge is 2.59. The number of halogens is 1. The number of nitrogens with one attached hydrogen (secondary N) is 2. The number of guanidine groups is 1. The minimum atomic E-state index is 0. The average molecular weight is 494 g/mol. The Morgan fingerprint density at radius 1 is 1.33 bits per heavy atom. The molecular formula is C19H35IN4O3. The van der Waals surface area contributed by atoms with Gasteiger partial charge in [-0.1, -0.05) is 6.42 Å². The molecule has 0 aromatic carbocycles. The molecule has 1 heterocycles. The summed E-state index contributed by atoms with van der Waals surface area (Å²) in [6.45, 7) is 4.57. The average Bonchev–Trinajstić information content (AvgIpc) is 3.07. The molecule has 0 radical (unpaired) electrons. The molecule has 3 atom stereocenters. The highest BCUT2D eigenvalue weighted by atomic mass is 127. The number of amides is 1. The fourth-order valence-electron chi connectivity index (χ4n) is 4.26. The van der Waals surface area contributed by atoms with Crippen molar-refractivity contribution in [3.05, 3.63) is 0 Å². The lowest BCUT2D eigenvalue weighted by atomic mass is 9.51. The van der Waals surface area contributed by atoms with Gasteiger partial charge in [0.15, 0.2) is 5.96 Å². The third-order valence-electron chi connectivity index (χ3n) is 6.14. The number of carbonyl (C=O) groups is 1. The maximum absolute atomic E-state index is 11.9. The molecule has 3 unspecified atom stereocenters. The highest BCUT2D eigenvalue weighted by Crippen LogP contribution is 2.57. The van der Waals surface area contributed by atoms with E-state index in [0.717, 1.165) is 45.0 Å². The van der Waals surface area contributed by atoms with E-state index in [1.54, 1.807) is 19.0 Å². The minimum Gasteiger partial charge on any atom is -0.378 e. The minimum absolute atomic E-state index is 0. The molecule has 2 saturated carbocycles. The lowest BCUT2D eigenvalue weighted by Crippen LogP contribution is -2.68. The summed E-state index contributed by atoms with van der Waals surface area (Å²) < 4.78 is 11.6. The number of likely N-dealkylation sites (N-methyl/N-ethyl adjacent to an activating group) is 1. The summed E-state index contributed by atoms with van der Waals surface area (Å²) in [6.07, 6.45) is 7.51. The standard InChI is InChI=1S/C19H34N4O3.HI/c1-4-25-16-11-15(19(16)8-6-9-19)22-18(21-13-17(24)23(2)3)20-12-14-7-5-10-26-14;/h14-16H,4-13H2,1-3H3,(H2,20,21,22);1H. The molecule has 3 aliphatic rings. The molecule has 1 saturated heterocycles. The first-order valence-corrected chi connectivity index (χ1v) is 10.0. The van der Waals surface area contributed by atoms with E-state index in [1.165, 1.54) is 19.3 Å². The number of rotatable bonds is 7. The van der Waals surface area contributed by atoms with Crippen LogP contribution in [0, 0.1) is 5.41 Å². The largest absolute Gasteiger partial charge is 0.378 e. The van der Waals surface area contributed by atoms with Gasteiger partial charge in [-0.25, -0.2) is 4.99 Å². The first-order valence-electron chi connectivity index (χ1n) is 10.0. The van der Waals surface area contributed by atoms with Crippen molar-refractivity contribution >= 4 is 35.8 Å². The SMILES string of the molecule is CCOC1CC(NC(=NCC(=O)N(C)C)NCC2CCCO2)C12CCC2.I. The Hall–Kier alpha value is -0.610. The second-order valence-corrected chi connectivity index (χ2v) is 7.93. The number of carbonyl (C=O) groups excluding carboxylic acids is 1. The maximum atomic E-state index is 11.9. The van der Waals surface area contributed by atoms with Crippen molar-refractivity contribution in [2.75, 3.05) is 40.4 Å². The van der Waals surface area contributed by atoms with Crippen LogP contribution < -0.4 is 10.6 Å². The predicted octanol–water partition coefficient (Wildman–Crippen LogP) is 1.75. The maximum Gasteiger partial charge on any atom is 0.243 e. The molecule has 2 N–H and O–H groups in total. The number of hydrogen-bond acceptors (Lipinski definition) is 4. The van der Waals surface area contributed by atoms with Gasteiger partial charge in [0.05, 0.1) is 12.2 Å². The van der Waals surface area contributed by atoms with Crippen LogP contribution in [0.25, 0.3) is 0 Å². The van der Waals surface area contributed by atoms with Crippen LogP contribution in [0.15, 0.2) is 4.99 Å².